The maximum absolute atomic E-state index is 4.68. The molecule has 1 heterocycles. The normalized spacial score (nSPS) is 8.12. The van der Waals surface area contributed by atoms with Crippen molar-refractivity contribution in [1.29, 1.82) is 0 Å². The number of hydrogen-bond acceptors (Lipinski definition) is 4. The van der Waals surface area contributed by atoms with E-state index in [9.17, 15) is 0 Å². The summed E-state index contributed by atoms with van der Waals surface area (Å²) in [5.74, 6) is 0.519. The van der Waals surface area contributed by atoms with Gasteiger partial charge < -0.3 is 17.0 Å². The van der Waals surface area contributed by atoms with E-state index in [1.54, 1.807) is 6.92 Å². The van der Waals surface area contributed by atoms with Crippen LogP contribution in [0.25, 0.3) is 0 Å². The van der Waals surface area contributed by atoms with Crippen LogP contribution in [0.5, 0.6) is 0 Å². The predicted molar refractivity (Wildman–Crippen MR) is 24.7 cm³/mol. The van der Waals surface area contributed by atoms with Crippen LogP contribution in [-0.2, 0) is 12.6 Å². The van der Waals surface area contributed by atoms with Crippen molar-refractivity contribution in [3.8, 4) is 0 Å². The van der Waals surface area contributed by atoms with Crippen molar-refractivity contribution in [2.75, 3.05) is 0 Å². The Morgan fingerprint density at radius 3 is 2.25 bits per heavy atom. The van der Waals surface area contributed by atoms with Crippen molar-refractivity contribution in [1.82, 2.24) is 10.2 Å². The second-order valence-corrected chi connectivity index (χ2v) is 1.44. The van der Waals surface area contributed by atoms with E-state index in [2.05, 4.69) is 27.2 Å². The summed E-state index contributed by atoms with van der Waals surface area (Å²) in [6, 6.07) is 0. The average Bonchev–Trinajstić information content (AvgIpc) is 1.87. The van der Waals surface area contributed by atoms with Crippen LogP contribution >= 0.6 is 0 Å². The minimum Gasteiger partial charge on any atom is -0.719 e. The fraction of sp³-hybridized carbons (Fsp3) is 0.333. The summed E-state index contributed by atoms with van der Waals surface area (Å²) >= 11 is 4.49. The molecule has 1 aromatic rings. The smallest absolute Gasteiger partial charge is 0.719 e. The Labute approximate surface area is 95.1 Å². The molecule has 0 spiro atoms. The average molecular weight is 154 g/mol. The minimum atomic E-state index is 0. The van der Waals surface area contributed by atoms with Gasteiger partial charge in [0.1, 0.15) is 0 Å². The number of aryl methyl sites for hydroxylation is 1. The van der Waals surface area contributed by atoms with Crippen LogP contribution in [0.1, 0.15) is 5.89 Å². The van der Waals surface area contributed by atoms with Gasteiger partial charge in [-0.25, -0.2) is 0 Å². The third-order valence-corrected chi connectivity index (χ3v) is 0.672. The van der Waals surface area contributed by atoms with Gasteiger partial charge in [-0.05, 0) is 0 Å². The minimum absolute atomic E-state index is 0. The maximum atomic E-state index is 4.68. The maximum Gasteiger partial charge on any atom is 1.00 e. The number of hydrogen-bond donors (Lipinski definition) is 0. The van der Waals surface area contributed by atoms with E-state index in [0.717, 1.165) is 0 Å². The molecule has 3 nitrogen and oxygen atoms in total. The predicted octanol–water partition coefficient (Wildman–Crippen LogP) is -2.71. The van der Waals surface area contributed by atoms with Crippen molar-refractivity contribution in [3.63, 3.8) is 0 Å². The van der Waals surface area contributed by atoms with Gasteiger partial charge in [0, 0.05) is 6.92 Å². The molecule has 0 aliphatic rings. The van der Waals surface area contributed by atoms with Crippen LogP contribution in [0.2, 0.25) is 0 Å². The third kappa shape index (κ3) is 2.52. The molecular weight excluding hydrogens is 151 g/mol. The van der Waals surface area contributed by atoms with Crippen LogP contribution in [0.3, 0.4) is 0 Å². The van der Waals surface area contributed by atoms with Crippen molar-refractivity contribution < 1.29 is 55.8 Å². The quantitative estimate of drug-likeness (QED) is 0.301. The topological polar surface area (TPSA) is 38.9 Å². The Bertz CT molecular complexity index is 150. The third-order valence-electron chi connectivity index (χ3n) is 0.507. The van der Waals surface area contributed by atoms with E-state index < -0.39 is 0 Å². The van der Waals surface area contributed by atoms with Gasteiger partial charge >= 0.3 is 51.4 Å². The van der Waals surface area contributed by atoms with Gasteiger partial charge in [-0.2, -0.15) is 0 Å². The second-order valence-electron chi connectivity index (χ2n) is 1.09. The van der Waals surface area contributed by atoms with E-state index in [4.69, 9.17) is 0 Å². The molecule has 0 aliphatic carbocycles. The number of aromatic nitrogens is 2. The molecule has 0 atom stereocenters. The van der Waals surface area contributed by atoms with E-state index in [1.165, 1.54) is 0 Å². The largest absolute Gasteiger partial charge is 1.00 e. The Morgan fingerprint density at radius 1 is 1.50 bits per heavy atom. The molecule has 5 heteroatoms. The number of rotatable bonds is 0. The second kappa shape index (κ2) is 3.92. The fourth-order valence-corrected chi connectivity index (χ4v) is 0.440. The van der Waals surface area contributed by atoms with Crippen LogP contribution in [-0.4, -0.2) is 10.2 Å². The zero-order valence-electron chi connectivity index (χ0n) is 4.71. The van der Waals surface area contributed by atoms with Gasteiger partial charge in [-0.15, -0.1) is 10.2 Å². The first-order chi connectivity index (χ1) is 3.29. The molecule has 0 aliphatic heterocycles. The van der Waals surface area contributed by atoms with E-state index in [1.807, 2.05) is 0 Å². The summed E-state index contributed by atoms with van der Waals surface area (Å²) in [6.45, 7) is 1.70. The van der Waals surface area contributed by atoms with Gasteiger partial charge in [0.05, 0.1) is 5.22 Å². The molecule has 0 aromatic carbocycles. The van der Waals surface area contributed by atoms with Crippen LogP contribution in [0.15, 0.2) is 9.64 Å². The molecule has 0 unspecified atom stereocenters. The van der Waals surface area contributed by atoms with E-state index in [-0.39, 0.29) is 56.6 Å². The first-order valence-corrected chi connectivity index (χ1v) is 2.17. The van der Waals surface area contributed by atoms with Gasteiger partial charge in [-0.3, -0.25) is 0 Å². The van der Waals surface area contributed by atoms with Crippen molar-refractivity contribution >= 4 is 12.6 Å². The van der Waals surface area contributed by atoms with E-state index in [0.29, 0.717) is 5.89 Å². The first kappa shape index (κ1) is 9.00. The van der Waals surface area contributed by atoms with Crippen molar-refractivity contribution in [2.45, 2.75) is 12.1 Å². The van der Waals surface area contributed by atoms with Gasteiger partial charge in [0.15, 0.2) is 0 Å². The summed E-state index contributed by atoms with van der Waals surface area (Å²) < 4.78 is 4.68. The summed E-state index contributed by atoms with van der Waals surface area (Å²) in [6.07, 6.45) is 0. The summed E-state index contributed by atoms with van der Waals surface area (Å²) in [5.41, 5.74) is 0. The molecular formula is C3H3KN2OS. The Balaban J connectivity index is 0.000000490. The van der Waals surface area contributed by atoms with Crippen LogP contribution in [0.4, 0.5) is 0 Å². The monoisotopic (exact) mass is 154 g/mol. The summed E-state index contributed by atoms with van der Waals surface area (Å²) in [4.78, 5) is 0. The molecule has 1 rings (SSSR count). The van der Waals surface area contributed by atoms with Gasteiger partial charge in [0.25, 0.3) is 0 Å². The van der Waals surface area contributed by atoms with E-state index >= 15 is 0 Å². The molecule has 1 aromatic heterocycles. The standard InChI is InChI=1S/C3H4N2OS.K/c1-2-4-5-3(7)6-2;/h1H3,(H,5,7);/q;+1/p-1. The molecule has 38 valence electrons. The van der Waals surface area contributed by atoms with Gasteiger partial charge in [0.2, 0.25) is 5.89 Å². The van der Waals surface area contributed by atoms with Crippen molar-refractivity contribution in [3.05, 3.63) is 5.89 Å². The molecule has 8 heavy (non-hydrogen) atoms. The Kier molecular flexibility index (Phi) is 4.40. The zero-order valence-corrected chi connectivity index (χ0v) is 8.65. The van der Waals surface area contributed by atoms with Crippen molar-refractivity contribution in [2.24, 2.45) is 0 Å². The summed E-state index contributed by atoms with van der Waals surface area (Å²) in [7, 11) is 0. The molecule has 0 amide bonds. The Morgan fingerprint density at radius 2 is 2.12 bits per heavy atom. The molecule has 0 fully saturated rings. The molecule has 0 N–H and O–H groups in total. The SMILES string of the molecule is Cc1nnc([S-])o1.[K+]. The fourth-order valence-electron chi connectivity index (χ4n) is 0.278. The number of nitrogens with zero attached hydrogens (tertiary/aromatic N) is 2. The molecule has 0 radical (unpaired) electrons. The zero-order chi connectivity index (χ0) is 5.28. The Hall–Kier alpha value is 0.996. The molecule has 0 saturated carbocycles. The van der Waals surface area contributed by atoms with Crippen LogP contribution < -0.4 is 51.4 Å². The molecule has 0 saturated heterocycles. The molecule has 0 bridgehead atoms. The van der Waals surface area contributed by atoms with Gasteiger partial charge in [-0.1, -0.05) is 0 Å². The summed E-state index contributed by atoms with van der Waals surface area (Å²) in [5, 5.41) is 7.12. The van der Waals surface area contributed by atoms with Crippen LogP contribution in [0, 0.1) is 6.92 Å². The first-order valence-electron chi connectivity index (χ1n) is 1.76.